The van der Waals surface area contributed by atoms with Gasteiger partial charge in [-0.2, -0.15) is 5.10 Å². The van der Waals surface area contributed by atoms with Crippen LogP contribution in [0.25, 0.3) is 0 Å². The zero-order valence-corrected chi connectivity index (χ0v) is 18.7. The highest BCUT2D eigenvalue weighted by Gasteiger charge is 2.10. The Morgan fingerprint density at radius 3 is 2.48 bits per heavy atom. The van der Waals surface area contributed by atoms with E-state index in [1.54, 1.807) is 25.3 Å². The van der Waals surface area contributed by atoms with E-state index in [2.05, 4.69) is 31.8 Å². The number of methoxy groups -OCH3 is 2. The first kappa shape index (κ1) is 23.0. The van der Waals surface area contributed by atoms with Gasteiger partial charge in [0.1, 0.15) is 11.5 Å². The molecule has 0 saturated carbocycles. The van der Waals surface area contributed by atoms with Crippen molar-refractivity contribution in [2.24, 2.45) is 5.10 Å². The summed E-state index contributed by atoms with van der Waals surface area (Å²) in [5.41, 5.74) is 3.40. The average molecular weight is 503 g/mol. The third kappa shape index (κ3) is 6.62. The molecule has 10 heteroatoms. The Labute approximate surface area is 186 Å². The van der Waals surface area contributed by atoms with Crippen molar-refractivity contribution in [2.75, 3.05) is 20.8 Å². The highest BCUT2D eigenvalue weighted by molar-refractivity contribution is 9.10. The van der Waals surface area contributed by atoms with Crippen molar-refractivity contribution in [3.8, 4) is 11.5 Å². The van der Waals surface area contributed by atoms with Gasteiger partial charge in [0.05, 0.1) is 35.0 Å². The number of hydrogen-bond donors (Lipinski definition) is 2. The molecule has 0 heterocycles. The van der Waals surface area contributed by atoms with E-state index in [0.29, 0.717) is 27.6 Å². The molecule has 0 spiro atoms. The molecular weight excluding hydrogens is 485 g/mol. The van der Waals surface area contributed by atoms with Gasteiger partial charge in [-0.25, -0.2) is 5.43 Å². The quantitative estimate of drug-likeness (QED) is 0.421. The van der Waals surface area contributed by atoms with Crippen LogP contribution in [0.4, 0.5) is 0 Å². The molecule has 0 aliphatic carbocycles. The van der Waals surface area contributed by atoms with E-state index < -0.39 is 0 Å². The Bertz CT molecular complexity index is 938. The van der Waals surface area contributed by atoms with Gasteiger partial charge in [-0.3, -0.25) is 9.59 Å². The zero-order chi connectivity index (χ0) is 21.4. The number of nitrogens with zero attached hydrogens (tertiary/aromatic N) is 1. The molecule has 0 bridgehead atoms. The van der Waals surface area contributed by atoms with Gasteiger partial charge < -0.3 is 14.8 Å². The fourth-order valence-corrected chi connectivity index (χ4v) is 3.06. The minimum absolute atomic E-state index is 0.0494. The second-order valence-electron chi connectivity index (χ2n) is 5.66. The molecule has 0 unspecified atom stereocenters. The number of carbonyl (C=O) groups excluding carboxylic acids is 2. The maximum absolute atomic E-state index is 12.0. The summed E-state index contributed by atoms with van der Waals surface area (Å²) in [4.78, 5) is 23.9. The Kier molecular flexibility index (Phi) is 8.75. The van der Waals surface area contributed by atoms with Crippen molar-refractivity contribution in [2.45, 2.75) is 6.42 Å². The Balaban J connectivity index is 1.84. The SMILES string of the molecule is COc1cc(OC)c(C=NNC(=O)CCNC(=O)c2ccc(Cl)c(Cl)c2)cc1Br. The van der Waals surface area contributed by atoms with Crippen LogP contribution < -0.4 is 20.2 Å². The molecule has 7 nitrogen and oxygen atoms in total. The highest BCUT2D eigenvalue weighted by atomic mass is 79.9. The molecule has 154 valence electrons. The molecule has 2 N–H and O–H groups in total. The van der Waals surface area contributed by atoms with Crippen LogP contribution in [0.1, 0.15) is 22.3 Å². The number of nitrogens with one attached hydrogen (secondary N) is 2. The Morgan fingerprint density at radius 2 is 1.83 bits per heavy atom. The van der Waals surface area contributed by atoms with Gasteiger partial charge in [-0.1, -0.05) is 23.2 Å². The summed E-state index contributed by atoms with van der Waals surface area (Å²) < 4.78 is 11.2. The molecule has 0 aliphatic rings. The standard InChI is InChI=1S/C19H18BrCl2N3O4/c1-28-16-9-17(29-2)13(20)7-12(16)10-24-25-18(26)5-6-23-19(27)11-3-4-14(21)15(22)8-11/h3-4,7-10H,5-6H2,1-2H3,(H,23,27)(H,25,26). The molecule has 0 radical (unpaired) electrons. The van der Waals surface area contributed by atoms with Crippen molar-refractivity contribution in [3.63, 3.8) is 0 Å². The first-order valence-electron chi connectivity index (χ1n) is 8.32. The molecule has 2 aromatic rings. The molecule has 2 amide bonds. The molecule has 2 rings (SSSR count). The van der Waals surface area contributed by atoms with Gasteiger partial charge in [0.25, 0.3) is 5.91 Å². The molecular formula is C19H18BrCl2N3O4. The van der Waals surface area contributed by atoms with Crippen LogP contribution in [0, 0.1) is 0 Å². The van der Waals surface area contributed by atoms with Gasteiger partial charge in [-0.05, 0) is 40.2 Å². The number of halogens is 3. The first-order chi connectivity index (χ1) is 13.8. The molecule has 0 saturated heterocycles. The average Bonchev–Trinajstić information content (AvgIpc) is 2.70. The van der Waals surface area contributed by atoms with Crippen LogP contribution in [0.2, 0.25) is 10.0 Å². The normalized spacial score (nSPS) is 10.7. The van der Waals surface area contributed by atoms with Crippen LogP contribution in [0.5, 0.6) is 11.5 Å². The number of amides is 2. The third-order valence-corrected chi connectivity index (χ3v) is 5.08. The molecule has 0 aliphatic heterocycles. The summed E-state index contributed by atoms with van der Waals surface area (Å²) in [5, 5.41) is 7.19. The minimum atomic E-state index is -0.359. The van der Waals surface area contributed by atoms with Crippen molar-refractivity contribution in [1.82, 2.24) is 10.7 Å². The van der Waals surface area contributed by atoms with Crippen LogP contribution in [-0.2, 0) is 4.79 Å². The van der Waals surface area contributed by atoms with Crippen molar-refractivity contribution < 1.29 is 19.1 Å². The fraction of sp³-hybridized carbons (Fsp3) is 0.211. The first-order valence-corrected chi connectivity index (χ1v) is 9.87. The fourth-order valence-electron chi connectivity index (χ4n) is 2.24. The summed E-state index contributed by atoms with van der Waals surface area (Å²) in [6.45, 7) is 0.137. The smallest absolute Gasteiger partial charge is 0.251 e. The van der Waals surface area contributed by atoms with E-state index in [-0.39, 0.29) is 29.8 Å². The van der Waals surface area contributed by atoms with Gasteiger partial charge in [-0.15, -0.1) is 0 Å². The third-order valence-electron chi connectivity index (χ3n) is 3.72. The van der Waals surface area contributed by atoms with E-state index in [1.807, 2.05) is 0 Å². The molecule has 0 atom stereocenters. The topological polar surface area (TPSA) is 89.0 Å². The number of carbonyl (C=O) groups is 2. The van der Waals surface area contributed by atoms with Crippen LogP contribution in [-0.4, -0.2) is 38.8 Å². The second-order valence-corrected chi connectivity index (χ2v) is 7.33. The molecule has 2 aromatic carbocycles. The van der Waals surface area contributed by atoms with Crippen molar-refractivity contribution >= 4 is 57.2 Å². The van der Waals surface area contributed by atoms with Crippen LogP contribution in [0.3, 0.4) is 0 Å². The molecule has 29 heavy (non-hydrogen) atoms. The zero-order valence-electron chi connectivity index (χ0n) is 15.6. The maximum atomic E-state index is 12.0. The lowest BCUT2D eigenvalue weighted by Crippen LogP contribution is -2.29. The number of rotatable bonds is 8. The van der Waals surface area contributed by atoms with E-state index in [1.165, 1.54) is 25.5 Å². The predicted octanol–water partition coefficient (Wildman–Crippen LogP) is 4.04. The summed E-state index contributed by atoms with van der Waals surface area (Å²) in [5.74, 6) is 0.438. The number of hydrogen-bond acceptors (Lipinski definition) is 5. The van der Waals surface area contributed by atoms with Crippen LogP contribution >= 0.6 is 39.1 Å². The van der Waals surface area contributed by atoms with Gasteiger partial charge in [0.2, 0.25) is 5.91 Å². The minimum Gasteiger partial charge on any atom is -0.496 e. The van der Waals surface area contributed by atoms with Crippen molar-refractivity contribution in [1.29, 1.82) is 0 Å². The lowest BCUT2D eigenvalue weighted by molar-refractivity contribution is -0.120. The number of benzene rings is 2. The van der Waals surface area contributed by atoms with E-state index >= 15 is 0 Å². The van der Waals surface area contributed by atoms with Crippen molar-refractivity contribution in [3.05, 3.63) is 56.0 Å². The lowest BCUT2D eigenvalue weighted by atomic mass is 10.2. The predicted molar refractivity (Wildman–Crippen MR) is 116 cm³/mol. The summed E-state index contributed by atoms with van der Waals surface area (Å²) in [6.07, 6.45) is 1.50. The van der Waals surface area contributed by atoms with Crippen LogP contribution in [0.15, 0.2) is 39.9 Å². The molecule has 0 aromatic heterocycles. The summed E-state index contributed by atoms with van der Waals surface area (Å²) in [6, 6.07) is 8.00. The molecule has 0 fully saturated rings. The lowest BCUT2D eigenvalue weighted by Gasteiger charge is -2.09. The Morgan fingerprint density at radius 1 is 1.10 bits per heavy atom. The maximum Gasteiger partial charge on any atom is 0.251 e. The highest BCUT2D eigenvalue weighted by Crippen LogP contribution is 2.31. The van der Waals surface area contributed by atoms with Gasteiger partial charge >= 0.3 is 0 Å². The van der Waals surface area contributed by atoms with Gasteiger partial charge in [0.15, 0.2) is 0 Å². The van der Waals surface area contributed by atoms with E-state index in [0.717, 1.165) is 4.47 Å². The number of ether oxygens (including phenoxy) is 2. The largest absolute Gasteiger partial charge is 0.496 e. The second kappa shape index (κ2) is 11.0. The Hall–Kier alpha value is -2.29. The van der Waals surface area contributed by atoms with Gasteiger partial charge in [0, 0.05) is 30.2 Å². The number of hydrazone groups is 1. The van der Waals surface area contributed by atoms with E-state index in [4.69, 9.17) is 32.7 Å². The monoisotopic (exact) mass is 501 g/mol. The summed E-state index contributed by atoms with van der Waals surface area (Å²) in [7, 11) is 3.07. The van der Waals surface area contributed by atoms with E-state index in [9.17, 15) is 9.59 Å². The summed E-state index contributed by atoms with van der Waals surface area (Å²) >= 11 is 15.1.